The molecule has 0 aliphatic carbocycles. The van der Waals surface area contributed by atoms with E-state index >= 15 is 0 Å². The second-order valence-corrected chi connectivity index (χ2v) is 8.75. The summed E-state index contributed by atoms with van der Waals surface area (Å²) in [5, 5.41) is 0. The maximum absolute atomic E-state index is 13.0. The Labute approximate surface area is 171 Å². The monoisotopic (exact) mass is 468 g/mol. The highest BCUT2D eigenvalue weighted by atomic mass is 32.2. The average molecular weight is 468 g/mol. The summed E-state index contributed by atoms with van der Waals surface area (Å²) in [4.78, 5) is 18.8. The highest BCUT2D eigenvalue weighted by molar-refractivity contribution is 7.88. The Balaban J connectivity index is 1.92. The molecule has 2 N–H and O–H groups in total. The van der Waals surface area contributed by atoms with Gasteiger partial charge in [0.2, 0.25) is 15.8 Å². The highest BCUT2D eigenvalue weighted by Gasteiger charge is 2.38. The van der Waals surface area contributed by atoms with Crippen LogP contribution in [0.25, 0.3) is 0 Å². The van der Waals surface area contributed by atoms with Crippen LogP contribution in [0.1, 0.15) is 38.6 Å². The number of hydrogen-bond acceptors (Lipinski definition) is 5. The van der Waals surface area contributed by atoms with Crippen LogP contribution >= 0.6 is 0 Å². The minimum atomic E-state index is -5.09. The third-order valence-electron chi connectivity index (χ3n) is 4.52. The molecular formula is C17H14F6N4O3S. The number of fused-ring (bicyclic) bond motifs is 1. The molecule has 1 aliphatic rings. The zero-order chi connectivity index (χ0) is 23.2. The van der Waals surface area contributed by atoms with E-state index in [0.717, 1.165) is 4.31 Å². The van der Waals surface area contributed by atoms with Crippen molar-refractivity contribution in [1.82, 2.24) is 14.3 Å². The molecule has 3 rings (SSSR count). The fraction of sp³-hybridized carbons (Fsp3) is 0.353. The number of benzene rings is 1. The maximum atomic E-state index is 13.0. The van der Waals surface area contributed by atoms with Crippen molar-refractivity contribution in [3.05, 3.63) is 58.2 Å². The zero-order valence-electron chi connectivity index (χ0n) is 15.5. The molecule has 168 valence electrons. The fourth-order valence-corrected chi connectivity index (χ4v) is 4.50. The Morgan fingerprint density at radius 2 is 1.65 bits per heavy atom. The lowest BCUT2D eigenvalue weighted by Crippen LogP contribution is -2.37. The minimum Gasteiger partial charge on any atom is -0.363 e. The number of halogens is 6. The first-order valence-electron chi connectivity index (χ1n) is 8.57. The van der Waals surface area contributed by atoms with Gasteiger partial charge in [-0.2, -0.15) is 30.6 Å². The molecule has 0 saturated carbocycles. The number of rotatable bonds is 4. The van der Waals surface area contributed by atoms with Gasteiger partial charge in [0.25, 0.3) is 5.91 Å². The van der Waals surface area contributed by atoms with Gasteiger partial charge in [0.05, 0.1) is 29.1 Å². The third kappa shape index (κ3) is 5.12. The smallest absolute Gasteiger partial charge is 0.363 e. The van der Waals surface area contributed by atoms with Crippen molar-refractivity contribution in [1.29, 1.82) is 0 Å². The number of carbonyl (C=O) groups excluding carboxylic acids is 1. The van der Waals surface area contributed by atoms with Gasteiger partial charge in [0, 0.05) is 12.7 Å². The van der Waals surface area contributed by atoms with E-state index in [1.54, 1.807) is 0 Å². The predicted octanol–water partition coefficient (Wildman–Crippen LogP) is 2.50. The van der Waals surface area contributed by atoms with E-state index in [4.69, 9.17) is 5.73 Å². The number of primary amides is 1. The standard InChI is InChI=1S/C17H14F6N4O3S/c18-16(19,20)11-3-9(4-12(5-11)17(21,22)23)8-31(29,30)27-2-1-10-6-25-15(14(24)28)26-13(10)7-27/h3-6H,1-2,7-8H2,(H2,24,28). The number of nitrogens with two attached hydrogens (primary N) is 1. The molecule has 1 aromatic carbocycles. The number of carbonyl (C=O) groups is 1. The number of alkyl halides is 6. The molecule has 0 fully saturated rings. The van der Waals surface area contributed by atoms with Crippen molar-refractivity contribution in [3.63, 3.8) is 0 Å². The van der Waals surface area contributed by atoms with Crippen molar-refractivity contribution in [2.24, 2.45) is 5.73 Å². The largest absolute Gasteiger partial charge is 0.416 e. The van der Waals surface area contributed by atoms with Crippen molar-refractivity contribution in [3.8, 4) is 0 Å². The Morgan fingerprint density at radius 3 is 2.16 bits per heavy atom. The molecule has 0 bridgehead atoms. The number of nitrogens with zero attached hydrogens (tertiary/aromatic N) is 3. The molecule has 1 amide bonds. The van der Waals surface area contributed by atoms with E-state index in [9.17, 15) is 39.6 Å². The molecule has 0 atom stereocenters. The molecule has 14 heteroatoms. The number of hydrogen-bond donors (Lipinski definition) is 1. The van der Waals surface area contributed by atoms with Gasteiger partial charge in [-0.15, -0.1) is 0 Å². The molecule has 0 radical (unpaired) electrons. The van der Waals surface area contributed by atoms with Crippen LogP contribution in [0.15, 0.2) is 24.4 Å². The first-order chi connectivity index (χ1) is 14.2. The lowest BCUT2D eigenvalue weighted by molar-refractivity contribution is -0.143. The second-order valence-electron chi connectivity index (χ2n) is 6.78. The van der Waals surface area contributed by atoms with Crippen LogP contribution in [0.5, 0.6) is 0 Å². The summed E-state index contributed by atoms with van der Waals surface area (Å²) in [5.74, 6) is -2.36. The molecule has 7 nitrogen and oxygen atoms in total. The molecule has 1 aromatic heterocycles. The van der Waals surface area contributed by atoms with Crippen molar-refractivity contribution < 1.29 is 39.6 Å². The predicted molar refractivity (Wildman–Crippen MR) is 93.7 cm³/mol. The molecule has 0 spiro atoms. The van der Waals surface area contributed by atoms with Gasteiger partial charge in [-0.25, -0.2) is 18.4 Å². The van der Waals surface area contributed by atoms with Crippen molar-refractivity contribution >= 4 is 15.9 Å². The van der Waals surface area contributed by atoms with E-state index < -0.39 is 50.7 Å². The first kappa shape index (κ1) is 22.9. The van der Waals surface area contributed by atoms with Crippen LogP contribution in [-0.4, -0.2) is 35.1 Å². The van der Waals surface area contributed by atoms with Crippen LogP contribution in [-0.2, 0) is 41.1 Å². The molecule has 0 unspecified atom stereocenters. The van der Waals surface area contributed by atoms with Crippen molar-refractivity contribution in [2.45, 2.75) is 31.1 Å². The van der Waals surface area contributed by atoms with Crippen LogP contribution < -0.4 is 5.73 Å². The first-order valence-corrected chi connectivity index (χ1v) is 10.2. The zero-order valence-corrected chi connectivity index (χ0v) is 16.3. The summed E-state index contributed by atoms with van der Waals surface area (Å²) < 4.78 is 104. The maximum Gasteiger partial charge on any atom is 0.416 e. The number of amides is 1. The Morgan fingerprint density at radius 1 is 1.06 bits per heavy atom. The molecule has 31 heavy (non-hydrogen) atoms. The van der Waals surface area contributed by atoms with Gasteiger partial charge >= 0.3 is 12.4 Å². The van der Waals surface area contributed by atoms with E-state index in [0.29, 0.717) is 17.7 Å². The summed E-state index contributed by atoms with van der Waals surface area (Å²) in [6, 6.07) is 0.672. The Bertz CT molecular complexity index is 1100. The topological polar surface area (TPSA) is 106 Å². The van der Waals surface area contributed by atoms with E-state index in [-0.39, 0.29) is 37.1 Å². The Hall–Kier alpha value is -2.74. The molecule has 1 aliphatic heterocycles. The van der Waals surface area contributed by atoms with Crippen LogP contribution in [0, 0.1) is 0 Å². The van der Waals surface area contributed by atoms with Gasteiger partial charge in [-0.1, -0.05) is 0 Å². The van der Waals surface area contributed by atoms with Crippen LogP contribution in [0.3, 0.4) is 0 Å². The van der Waals surface area contributed by atoms with Gasteiger partial charge < -0.3 is 5.73 Å². The van der Waals surface area contributed by atoms with Gasteiger partial charge in [-0.05, 0) is 35.7 Å². The van der Waals surface area contributed by atoms with Crippen LogP contribution in [0.2, 0.25) is 0 Å². The lowest BCUT2D eigenvalue weighted by atomic mass is 10.1. The fourth-order valence-electron chi connectivity index (χ4n) is 3.04. The summed E-state index contributed by atoms with van der Waals surface area (Å²) in [6.45, 7) is -0.411. The van der Waals surface area contributed by atoms with E-state index in [1.165, 1.54) is 6.20 Å². The van der Waals surface area contributed by atoms with Gasteiger partial charge in [-0.3, -0.25) is 4.79 Å². The van der Waals surface area contributed by atoms with Crippen LogP contribution in [0.4, 0.5) is 26.3 Å². The third-order valence-corrected chi connectivity index (χ3v) is 6.32. The summed E-state index contributed by atoms with van der Waals surface area (Å²) in [5.41, 5.74) is 1.96. The molecule has 2 aromatic rings. The van der Waals surface area contributed by atoms with E-state index in [1.807, 2.05) is 0 Å². The normalized spacial score (nSPS) is 15.5. The van der Waals surface area contributed by atoms with Crippen molar-refractivity contribution in [2.75, 3.05) is 6.54 Å². The summed E-state index contributed by atoms with van der Waals surface area (Å²) >= 11 is 0. The number of aromatic nitrogens is 2. The second kappa shape index (κ2) is 7.75. The average Bonchev–Trinajstić information content (AvgIpc) is 2.65. The number of sulfonamides is 1. The van der Waals surface area contributed by atoms with Gasteiger partial charge in [0.1, 0.15) is 0 Å². The quantitative estimate of drug-likeness (QED) is 0.695. The molecule has 2 heterocycles. The highest BCUT2D eigenvalue weighted by Crippen LogP contribution is 2.37. The molecule has 0 saturated heterocycles. The summed E-state index contributed by atoms with van der Waals surface area (Å²) in [7, 11) is -4.31. The molecular weight excluding hydrogens is 454 g/mol. The minimum absolute atomic E-state index is 0.0739. The van der Waals surface area contributed by atoms with Gasteiger partial charge in [0.15, 0.2) is 0 Å². The lowest BCUT2D eigenvalue weighted by Gasteiger charge is -2.27. The Kier molecular flexibility index (Phi) is 5.73. The van der Waals surface area contributed by atoms with E-state index in [2.05, 4.69) is 9.97 Å². The summed E-state index contributed by atoms with van der Waals surface area (Å²) in [6.07, 6.45) is -8.73. The SMILES string of the molecule is NC(=O)c1ncc2c(n1)CN(S(=O)(=O)Cc1cc(C(F)(F)F)cc(C(F)(F)F)c1)CC2.